The molecule has 4 aromatic rings. The van der Waals surface area contributed by atoms with Crippen molar-refractivity contribution in [3.8, 4) is 5.88 Å². The maximum absolute atomic E-state index is 13.9. The molecule has 0 aliphatic heterocycles. The Hall–Kier alpha value is -4.50. The van der Waals surface area contributed by atoms with Crippen LogP contribution in [0.25, 0.3) is 10.9 Å². The van der Waals surface area contributed by atoms with Crippen molar-refractivity contribution in [1.82, 2.24) is 9.88 Å². The van der Waals surface area contributed by atoms with Crippen LogP contribution in [0.1, 0.15) is 23.6 Å². The number of carbonyl (C=O) groups excluding carboxylic acids is 2. The molecule has 0 atom stereocenters. The zero-order valence-corrected chi connectivity index (χ0v) is 22.4. The van der Waals surface area contributed by atoms with Crippen LogP contribution in [0.5, 0.6) is 5.88 Å². The number of carbonyl (C=O) groups is 2. The fourth-order valence-electron chi connectivity index (χ4n) is 4.33. The molecule has 0 unspecified atom stereocenters. The van der Waals surface area contributed by atoms with Crippen molar-refractivity contribution in [3.63, 3.8) is 0 Å². The molecular weight excluding hydrogens is 499 g/mol. The number of methoxy groups -OCH3 is 1. The number of rotatable bonds is 9. The Morgan fingerprint density at radius 1 is 1.03 bits per heavy atom. The number of nitrogens with one attached hydrogen (secondary N) is 1. The predicted molar refractivity (Wildman–Crippen MR) is 150 cm³/mol. The number of aromatic amines is 1. The molecule has 202 valence electrons. The Labute approximate surface area is 226 Å². The second-order valence-electron chi connectivity index (χ2n) is 9.44. The number of anilines is 1. The van der Waals surface area contributed by atoms with E-state index in [0.29, 0.717) is 52.1 Å². The minimum absolute atomic E-state index is 0.0628. The molecule has 0 aliphatic carbocycles. The largest absolute Gasteiger partial charge is 0.494 e. The molecule has 4 rings (SSSR count). The van der Waals surface area contributed by atoms with Crippen LogP contribution in [-0.2, 0) is 20.7 Å². The number of likely N-dealkylation sites (N-methyl/N-ethyl adjacent to an activating group) is 1. The molecule has 0 spiro atoms. The third kappa shape index (κ3) is 6.50. The first-order valence-electron chi connectivity index (χ1n) is 12.4. The van der Waals surface area contributed by atoms with Gasteiger partial charge in [0.2, 0.25) is 5.91 Å². The molecule has 3 aromatic carbocycles. The number of hydrogen-bond donors (Lipinski definition) is 2. The average molecular weight is 531 g/mol. The monoisotopic (exact) mass is 530 g/mol. The fourth-order valence-corrected chi connectivity index (χ4v) is 4.33. The highest BCUT2D eigenvalue weighted by atomic mass is 19.1. The van der Waals surface area contributed by atoms with Crippen molar-refractivity contribution >= 4 is 39.9 Å². The number of ether oxygens (including phenoxy) is 1. The van der Waals surface area contributed by atoms with E-state index in [2.05, 4.69) is 4.98 Å². The first-order valence-corrected chi connectivity index (χ1v) is 12.4. The van der Waals surface area contributed by atoms with Crippen LogP contribution >= 0.6 is 0 Å². The normalized spacial score (nSPS) is 11.7. The van der Waals surface area contributed by atoms with Gasteiger partial charge in [0.1, 0.15) is 5.82 Å². The maximum atomic E-state index is 13.9. The predicted octanol–water partition coefficient (Wildman–Crippen LogP) is 4.81. The van der Waals surface area contributed by atoms with Crippen molar-refractivity contribution in [2.24, 2.45) is 4.99 Å². The van der Waals surface area contributed by atoms with Gasteiger partial charge in [-0.1, -0.05) is 18.2 Å². The molecular formula is C30H31FN4O4. The van der Waals surface area contributed by atoms with E-state index in [1.54, 1.807) is 35.2 Å². The Balaban J connectivity index is 1.81. The summed E-state index contributed by atoms with van der Waals surface area (Å²) in [5, 5.41) is 11.5. The van der Waals surface area contributed by atoms with E-state index in [9.17, 15) is 19.1 Å². The Kier molecular flexibility index (Phi) is 8.41. The molecule has 0 saturated carbocycles. The molecule has 0 aliphatic rings. The molecule has 8 nitrogen and oxygen atoms in total. The van der Waals surface area contributed by atoms with Crippen molar-refractivity contribution < 1.29 is 23.8 Å². The van der Waals surface area contributed by atoms with Crippen molar-refractivity contribution in [3.05, 3.63) is 89.2 Å². The van der Waals surface area contributed by atoms with E-state index in [0.717, 1.165) is 5.69 Å². The molecule has 1 aromatic heterocycles. The third-order valence-corrected chi connectivity index (χ3v) is 6.31. The highest BCUT2D eigenvalue weighted by molar-refractivity contribution is 6.22. The van der Waals surface area contributed by atoms with Gasteiger partial charge in [0.15, 0.2) is 5.88 Å². The standard InChI is InChI=1S/C30H31FN4O4/c1-19(36)35(15-14-34(2)3)24-11-9-23(10-12-24)32-29(21-7-5-6-20(16-21)17-27(37)39-4)28-25-13-8-22(31)18-26(25)33-30(28)38/h5-13,16,18,33,38H,14-15,17H2,1-4H3. The van der Waals surface area contributed by atoms with Crippen LogP contribution < -0.4 is 4.90 Å². The molecule has 39 heavy (non-hydrogen) atoms. The number of esters is 1. The number of hydrogen-bond acceptors (Lipinski definition) is 6. The molecule has 1 heterocycles. The highest BCUT2D eigenvalue weighted by Crippen LogP contribution is 2.32. The lowest BCUT2D eigenvalue weighted by molar-refractivity contribution is -0.139. The number of amides is 1. The topological polar surface area (TPSA) is 98.2 Å². The number of benzene rings is 3. The Bertz CT molecular complexity index is 1530. The summed E-state index contributed by atoms with van der Waals surface area (Å²) < 4.78 is 18.7. The molecule has 0 bridgehead atoms. The van der Waals surface area contributed by atoms with E-state index >= 15 is 0 Å². The smallest absolute Gasteiger partial charge is 0.309 e. The summed E-state index contributed by atoms with van der Waals surface area (Å²) in [6.45, 7) is 2.79. The Morgan fingerprint density at radius 3 is 2.44 bits per heavy atom. The number of fused-ring (bicyclic) bond motifs is 1. The summed E-state index contributed by atoms with van der Waals surface area (Å²) in [6, 6.07) is 18.7. The van der Waals surface area contributed by atoms with E-state index < -0.39 is 5.82 Å². The molecule has 0 saturated heterocycles. The zero-order chi connectivity index (χ0) is 28.1. The lowest BCUT2D eigenvalue weighted by atomic mass is 9.98. The number of aromatic hydroxyl groups is 1. The average Bonchev–Trinajstić information content (AvgIpc) is 3.22. The number of halogens is 1. The van der Waals surface area contributed by atoms with E-state index in [4.69, 9.17) is 9.73 Å². The van der Waals surface area contributed by atoms with Crippen LogP contribution in [0.2, 0.25) is 0 Å². The summed E-state index contributed by atoms with van der Waals surface area (Å²) in [7, 11) is 5.23. The second kappa shape index (κ2) is 11.9. The van der Waals surface area contributed by atoms with Gasteiger partial charge < -0.3 is 24.6 Å². The molecule has 0 fully saturated rings. The number of nitrogens with zero attached hydrogens (tertiary/aromatic N) is 3. The first-order chi connectivity index (χ1) is 18.7. The van der Waals surface area contributed by atoms with E-state index in [1.165, 1.54) is 26.2 Å². The van der Waals surface area contributed by atoms with Crippen molar-refractivity contribution in [2.45, 2.75) is 13.3 Å². The van der Waals surface area contributed by atoms with Crippen LogP contribution in [0, 0.1) is 5.82 Å². The SMILES string of the molecule is COC(=O)Cc1cccc(C(=Nc2ccc(N(CCN(C)C)C(C)=O)cc2)c2c(O)[nH]c3cc(F)ccc23)c1. The lowest BCUT2D eigenvalue weighted by Crippen LogP contribution is -2.35. The zero-order valence-electron chi connectivity index (χ0n) is 22.4. The molecule has 9 heteroatoms. The van der Waals surface area contributed by atoms with Crippen LogP contribution in [-0.4, -0.2) is 66.9 Å². The lowest BCUT2D eigenvalue weighted by Gasteiger charge is -2.23. The minimum Gasteiger partial charge on any atom is -0.494 e. The number of aliphatic imine (C=N–C) groups is 1. The van der Waals surface area contributed by atoms with E-state index in [-0.39, 0.29) is 24.2 Å². The maximum Gasteiger partial charge on any atom is 0.309 e. The van der Waals surface area contributed by atoms with Gasteiger partial charge in [0.05, 0.1) is 36.0 Å². The quantitative estimate of drug-likeness (QED) is 0.239. The van der Waals surface area contributed by atoms with Gasteiger partial charge in [-0.15, -0.1) is 0 Å². The molecule has 0 radical (unpaired) electrons. The van der Waals surface area contributed by atoms with Crippen molar-refractivity contribution in [1.29, 1.82) is 0 Å². The molecule has 1 amide bonds. The van der Waals surface area contributed by atoms with Crippen LogP contribution in [0.4, 0.5) is 15.8 Å². The summed E-state index contributed by atoms with van der Waals surface area (Å²) in [5.74, 6) is -1.03. The van der Waals surface area contributed by atoms with Crippen molar-refractivity contribution in [2.75, 3.05) is 39.2 Å². The minimum atomic E-state index is -0.436. The van der Waals surface area contributed by atoms with Gasteiger partial charge in [-0.3, -0.25) is 9.59 Å². The van der Waals surface area contributed by atoms with Crippen LogP contribution in [0.15, 0.2) is 71.7 Å². The third-order valence-electron chi connectivity index (χ3n) is 6.31. The Morgan fingerprint density at radius 2 is 1.77 bits per heavy atom. The van der Waals surface area contributed by atoms with Gasteiger partial charge in [-0.25, -0.2) is 9.38 Å². The summed E-state index contributed by atoms with van der Waals surface area (Å²) in [5.41, 5.74) is 3.95. The number of H-pyrrole nitrogens is 1. The second-order valence-corrected chi connectivity index (χ2v) is 9.44. The van der Waals surface area contributed by atoms with Gasteiger partial charge >= 0.3 is 5.97 Å². The van der Waals surface area contributed by atoms with Gasteiger partial charge in [-0.05, 0) is 68.2 Å². The fraction of sp³-hybridized carbons (Fsp3) is 0.233. The number of aromatic nitrogens is 1. The summed E-state index contributed by atoms with van der Waals surface area (Å²) in [6.07, 6.45) is 0.0746. The summed E-state index contributed by atoms with van der Waals surface area (Å²) >= 11 is 0. The van der Waals surface area contributed by atoms with Gasteiger partial charge in [-0.2, -0.15) is 0 Å². The van der Waals surface area contributed by atoms with Gasteiger partial charge in [0.25, 0.3) is 0 Å². The summed E-state index contributed by atoms with van der Waals surface area (Å²) in [4.78, 5) is 35.6. The van der Waals surface area contributed by atoms with E-state index in [1.807, 2.05) is 43.3 Å². The first kappa shape index (κ1) is 27.5. The highest BCUT2D eigenvalue weighted by Gasteiger charge is 2.20. The van der Waals surface area contributed by atoms with Gasteiger partial charge in [0, 0.05) is 36.7 Å². The van der Waals surface area contributed by atoms with Crippen LogP contribution in [0.3, 0.4) is 0 Å². The molecule has 2 N–H and O–H groups in total.